The van der Waals surface area contributed by atoms with E-state index in [1.165, 1.54) is 0 Å². The van der Waals surface area contributed by atoms with Gasteiger partial charge in [0.15, 0.2) is 0 Å². The van der Waals surface area contributed by atoms with Crippen molar-refractivity contribution < 1.29 is 18.7 Å². The maximum atomic E-state index is 13.1. The van der Waals surface area contributed by atoms with Gasteiger partial charge in [0.25, 0.3) is 0 Å². The molecule has 0 saturated heterocycles. The number of hydrogen-bond donors (Lipinski definition) is 2. The Kier molecular flexibility index (Phi) is 2.66. The SMILES string of the molecule is NCC1(CC(=O)O)C2CCC3CC1C2C3C(F)F. The lowest BCUT2D eigenvalue weighted by Gasteiger charge is -2.61. The van der Waals surface area contributed by atoms with Crippen LogP contribution in [0.2, 0.25) is 0 Å². The van der Waals surface area contributed by atoms with Gasteiger partial charge in [-0.25, -0.2) is 8.78 Å². The summed E-state index contributed by atoms with van der Waals surface area (Å²) in [6.07, 6.45) is 0.278. The first-order valence-electron chi connectivity index (χ1n) is 6.71. The van der Waals surface area contributed by atoms with Crippen LogP contribution in [0, 0.1) is 35.0 Å². The van der Waals surface area contributed by atoms with Crippen LogP contribution in [0.5, 0.6) is 0 Å². The summed E-state index contributed by atoms with van der Waals surface area (Å²) in [7, 11) is 0. The summed E-state index contributed by atoms with van der Waals surface area (Å²) in [4.78, 5) is 11.0. The Labute approximate surface area is 105 Å². The van der Waals surface area contributed by atoms with Crippen LogP contribution in [0.25, 0.3) is 0 Å². The van der Waals surface area contributed by atoms with Gasteiger partial charge in [0.05, 0.1) is 6.42 Å². The monoisotopic (exact) mass is 259 g/mol. The molecular weight excluding hydrogens is 240 g/mol. The molecule has 3 aliphatic carbocycles. The average molecular weight is 259 g/mol. The molecule has 2 bridgehead atoms. The van der Waals surface area contributed by atoms with Gasteiger partial charge in [-0.3, -0.25) is 4.79 Å². The van der Waals surface area contributed by atoms with Crippen LogP contribution in [0.1, 0.15) is 25.7 Å². The molecule has 3 fully saturated rings. The molecule has 6 unspecified atom stereocenters. The number of halogens is 2. The highest BCUT2D eigenvalue weighted by molar-refractivity contribution is 5.68. The average Bonchev–Trinajstić information content (AvgIpc) is 2.45. The van der Waals surface area contributed by atoms with E-state index in [1.807, 2.05) is 0 Å². The van der Waals surface area contributed by atoms with Crippen LogP contribution in [-0.2, 0) is 4.79 Å². The summed E-state index contributed by atoms with van der Waals surface area (Å²) in [6.45, 7) is 0.327. The third kappa shape index (κ3) is 1.34. The second-order valence-electron chi connectivity index (χ2n) is 6.28. The quantitative estimate of drug-likeness (QED) is 0.811. The first-order chi connectivity index (χ1) is 8.51. The van der Waals surface area contributed by atoms with Crippen molar-refractivity contribution in [3.05, 3.63) is 0 Å². The predicted octanol–water partition coefficient (Wildman–Crippen LogP) is 1.96. The molecule has 0 aromatic rings. The van der Waals surface area contributed by atoms with Crippen molar-refractivity contribution in [2.45, 2.75) is 32.1 Å². The van der Waals surface area contributed by atoms with Gasteiger partial charge in [0, 0.05) is 5.92 Å². The van der Waals surface area contributed by atoms with Gasteiger partial charge in [0.1, 0.15) is 0 Å². The topological polar surface area (TPSA) is 63.3 Å². The molecule has 0 spiro atoms. The maximum absolute atomic E-state index is 13.1. The molecule has 3 aliphatic rings. The molecule has 5 heteroatoms. The van der Waals surface area contributed by atoms with E-state index in [2.05, 4.69) is 0 Å². The number of nitrogens with two attached hydrogens (primary N) is 1. The number of aliphatic carboxylic acids is 1. The van der Waals surface area contributed by atoms with Crippen molar-refractivity contribution in [1.82, 2.24) is 0 Å². The van der Waals surface area contributed by atoms with Gasteiger partial charge < -0.3 is 10.8 Å². The first kappa shape index (κ1) is 12.3. The molecule has 3 N–H and O–H groups in total. The van der Waals surface area contributed by atoms with E-state index in [9.17, 15) is 13.6 Å². The molecule has 0 radical (unpaired) electrons. The van der Waals surface area contributed by atoms with Gasteiger partial charge in [-0.2, -0.15) is 0 Å². The Bertz CT molecular complexity index is 368. The number of carbonyl (C=O) groups is 1. The van der Waals surface area contributed by atoms with Gasteiger partial charge in [-0.1, -0.05) is 0 Å². The highest BCUT2D eigenvalue weighted by Crippen LogP contribution is 2.73. The zero-order valence-corrected chi connectivity index (χ0v) is 10.2. The van der Waals surface area contributed by atoms with Gasteiger partial charge in [-0.15, -0.1) is 0 Å². The van der Waals surface area contributed by atoms with Crippen molar-refractivity contribution in [1.29, 1.82) is 0 Å². The van der Waals surface area contributed by atoms with Crippen molar-refractivity contribution >= 4 is 5.97 Å². The van der Waals surface area contributed by atoms with E-state index in [-0.39, 0.29) is 30.1 Å². The fourth-order valence-corrected chi connectivity index (χ4v) is 5.41. The van der Waals surface area contributed by atoms with Gasteiger partial charge in [0.2, 0.25) is 6.43 Å². The molecule has 6 atom stereocenters. The Morgan fingerprint density at radius 3 is 2.67 bits per heavy atom. The standard InChI is InChI=1S/C13H19F2NO2/c14-12(15)10-6-1-2-7-11(10)8(3-6)13(7,5-16)4-9(17)18/h6-8,10-12H,1-5,16H2,(H,17,18). The number of carboxylic acid groups (broad SMARTS) is 1. The third-order valence-corrected chi connectivity index (χ3v) is 5.95. The van der Waals surface area contributed by atoms with Crippen molar-refractivity contribution in [3.8, 4) is 0 Å². The molecule has 0 amide bonds. The largest absolute Gasteiger partial charge is 0.481 e. The summed E-state index contributed by atoms with van der Waals surface area (Å²) in [5.41, 5.74) is 5.43. The van der Waals surface area contributed by atoms with E-state index in [0.717, 1.165) is 19.3 Å². The molecule has 0 aromatic carbocycles. The molecular formula is C13H19F2NO2. The van der Waals surface area contributed by atoms with Crippen LogP contribution >= 0.6 is 0 Å². The van der Waals surface area contributed by atoms with Crippen LogP contribution < -0.4 is 5.73 Å². The molecule has 102 valence electrons. The van der Waals surface area contributed by atoms with Crippen molar-refractivity contribution in [2.75, 3.05) is 6.54 Å². The van der Waals surface area contributed by atoms with Crippen molar-refractivity contribution in [3.63, 3.8) is 0 Å². The normalized spacial score (nSPS) is 49.2. The molecule has 3 rings (SSSR count). The van der Waals surface area contributed by atoms with Crippen LogP contribution in [-0.4, -0.2) is 24.0 Å². The summed E-state index contributed by atoms with van der Waals surface area (Å²) in [5.74, 6) is -0.980. The van der Waals surface area contributed by atoms with Crippen molar-refractivity contribution in [2.24, 2.45) is 40.7 Å². The number of hydrogen-bond acceptors (Lipinski definition) is 2. The van der Waals surface area contributed by atoms with Crippen LogP contribution in [0.15, 0.2) is 0 Å². The van der Waals surface area contributed by atoms with E-state index >= 15 is 0 Å². The zero-order valence-electron chi connectivity index (χ0n) is 10.2. The lowest BCUT2D eigenvalue weighted by Crippen LogP contribution is -2.61. The Balaban J connectivity index is 1.89. The Morgan fingerprint density at radius 2 is 2.11 bits per heavy atom. The molecule has 0 aromatic heterocycles. The molecule has 0 aliphatic heterocycles. The van der Waals surface area contributed by atoms with Crippen LogP contribution in [0.3, 0.4) is 0 Å². The number of alkyl halides is 2. The summed E-state index contributed by atoms with van der Waals surface area (Å²) in [5, 5.41) is 9.06. The van der Waals surface area contributed by atoms with Crippen LogP contribution in [0.4, 0.5) is 8.78 Å². The van der Waals surface area contributed by atoms with E-state index in [4.69, 9.17) is 10.8 Å². The van der Waals surface area contributed by atoms with Gasteiger partial charge >= 0.3 is 5.97 Å². The maximum Gasteiger partial charge on any atom is 0.303 e. The first-order valence-corrected chi connectivity index (χ1v) is 6.71. The minimum Gasteiger partial charge on any atom is -0.481 e. The molecule has 3 saturated carbocycles. The Morgan fingerprint density at radius 1 is 1.39 bits per heavy atom. The minimum absolute atomic E-state index is 0.0339. The molecule has 3 nitrogen and oxygen atoms in total. The summed E-state index contributed by atoms with van der Waals surface area (Å²) < 4.78 is 26.3. The minimum atomic E-state index is -2.26. The number of carboxylic acids is 1. The molecule has 18 heavy (non-hydrogen) atoms. The lowest BCUT2D eigenvalue weighted by atomic mass is 9.43. The number of fused-ring (bicyclic) bond motifs is 1. The van der Waals surface area contributed by atoms with E-state index in [0.29, 0.717) is 6.54 Å². The lowest BCUT2D eigenvalue weighted by molar-refractivity contribution is -0.172. The predicted molar refractivity (Wildman–Crippen MR) is 61.0 cm³/mol. The fourth-order valence-electron chi connectivity index (χ4n) is 5.41. The van der Waals surface area contributed by atoms with Gasteiger partial charge in [-0.05, 0) is 54.9 Å². The van der Waals surface area contributed by atoms with E-state index in [1.54, 1.807) is 0 Å². The highest BCUT2D eigenvalue weighted by atomic mass is 19.3. The second-order valence-corrected chi connectivity index (χ2v) is 6.28. The number of rotatable bonds is 4. The smallest absolute Gasteiger partial charge is 0.303 e. The second kappa shape index (κ2) is 3.89. The third-order valence-electron chi connectivity index (χ3n) is 5.95. The fraction of sp³-hybridized carbons (Fsp3) is 0.923. The Hall–Kier alpha value is -0.710. The zero-order chi connectivity index (χ0) is 13.1. The van der Waals surface area contributed by atoms with E-state index < -0.39 is 23.7 Å². The highest BCUT2D eigenvalue weighted by Gasteiger charge is 2.70. The summed E-state index contributed by atoms with van der Waals surface area (Å²) >= 11 is 0. The summed E-state index contributed by atoms with van der Waals surface area (Å²) in [6, 6.07) is 0. The molecule has 0 heterocycles.